The summed E-state index contributed by atoms with van der Waals surface area (Å²) < 4.78 is 5.26. The van der Waals surface area contributed by atoms with Crippen LogP contribution in [0.4, 0.5) is 0 Å². The van der Waals surface area contributed by atoms with Crippen LogP contribution in [-0.4, -0.2) is 22.7 Å². The zero-order chi connectivity index (χ0) is 11.4. The number of furan rings is 1. The molecule has 1 atom stereocenters. The van der Waals surface area contributed by atoms with Crippen molar-refractivity contribution in [2.24, 2.45) is 0 Å². The van der Waals surface area contributed by atoms with E-state index in [9.17, 15) is 0 Å². The minimum atomic E-state index is -0.330. The largest absolute Gasteiger partial charge is 0.462 e. The molecule has 2 N–H and O–H groups in total. The number of aliphatic hydroxyl groups is 1. The van der Waals surface area contributed by atoms with E-state index >= 15 is 0 Å². The van der Waals surface area contributed by atoms with Gasteiger partial charge in [-0.1, -0.05) is 0 Å². The highest BCUT2D eigenvalue weighted by molar-refractivity contribution is 7.13. The van der Waals surface area contributed by atoms with Gasteiger partial charge in [0.05, 0.1) is 18.1 Å². The Morgan fingerprint density at radius 3 is 3.19 bits per heavy atom. The second-order valence-electron chi connectivity index (χ2n) is 3.60. The molecule has 0 fully saturated rings. The predicted molar refractivity (Wildman–Crippen MR) is 63.2 cm³/mol. The van der Waals surface area contributed by atoms with Gasteiger partial charge in [-0.3, -0.25) is 0 Å². The second kappa shape index (κ2) is 5.25. The van der Waals surface area contributed by atoms with Gasteiger partial charge in [0.2, 0.25) is 0 Å². The van der Waals surface area contributed by atoms with Crippen LogP contribution in [0.5, 0.6) is 0 Å². The molecule has 86 valence electrons. The summed E-state index contributed by atoms with van der Waals surface area (Å²) in [6.07, 6.45) is 1.31. The minimum Gasteiger partial charge on any atom is -0.462 e. The second-order valence-corrected chi connectivity index (χ2v) is 4.46. The zero-order valence-corrected chi connectivity index (χ0v) is 9.83. The lowest BCUT2D eigenvalue weighted by atomic mass is 10.4. The van der Waals surface area contributed by atoms with Gasteiger partial charge in [0.15, 0.2) is 10.8 Å². The third-order valence-electron chi connectivity index (χ3n) is 2.03. The van der Waals surface area contributed by atoms with Crippen LogP contribution in [0.25, 0.3) is 10.8 Å². The summed E-state index contributed by atoms with van der Waals surface area (Å²) in [6.45, 7) is 3.00. The first kappa shape index (κ1) is 11.3. The van der Waals surface area contributed by atoms with Gasteiger partial charge in [-0.15, -0.1) is 11.3 Å². The Kier molecular flexibility index (Phi) is 3.71. The Hall–Kier alpha value is -1.17. The van der Waals surface area contributed by atoms with Crippen LogP contribution in [0.3, 0.4) is 0 Å². The first-order chi connectivity index (χ1) is 7.75. The number of thiazole rings is 1. The number of aliphatic hydroxyl groups excluding tert-OH is 1. The van der Waals surface area contributed by atoms with Crippen LogP contribution in [0.15, 0.2) is 28.2 Å². The summed E-state index contributed by atoms with van der Waals surface area (Å²) in [5.41, 5.74) is 0.969. The molecule has 0 saturated heterocycles. The Morgan fingerprint density at radius 1 is 1.62 bits per heavy atom. The van der Waals surface area contributed by atoms with Crippen LogP contribution in [0.1, 0.15) is 12.6 Å². The molecule has 2 rings (SSSR count). The number of hydrogen-bond acceptors (Lipinski definition) is 5. The third kappa shape index (κ3) is 2.91. The van der Waals surface area contributed by atoms with E-state index < -0.39 is 0 Å². The maximum atomic E-state index is 9.09. The molecule has 0 spiro atoms. The van der Waals surface area contributed by atoms with E-state index in [1.54, 1.807) is 24.5 Å². The Bertz CT molecular complexity index is 423. The van der Waals surface area contributed by atoms with Crippen LogP contribution in [-0.2, 0) is 6.54 Å². The first-order valence-electron chi connectivity index (χ1n) is 5.13. The number of aromatic nitrogens is 1. The topological polar surface area (TPSA) is 58.3 Å². The van der Waals surface area contributed by atoms with Crippen molar-refractivity contribution < 1.29 is 9.52 Å². The molecule has 0 bridgehead atoms. The zero-order valence-electron chi connectivity index (χ0n) is 9.01. The van der Waals surface area contributed by atoms with Crippen LogP contribution >= 0.6 is 11.3 Å². The quantitative estimate of drug-likeness (QED) is 0.835. The van der Waals surface area contributed by atoms with Gasteiger partial charge in [0.1, 0.15) is 0 Å². The van der Waals surface area contributed by atoms with E-state index in [1.165, 1.54) is 0 Å². The number of hydrogen-bond donors (Lipinski definition) is 2. The van der Waals surface area contributed by atoms with Crippen molar-refractivity contribution >= 4 is 11.3 Å². The van der Waals surface area contributed by atoms with E-state index in [1.807, 2.05) is 17.5 Å². The Morgan fingerprint density at radius 2 is 2.50 bits per heavy atom. The van der Waals surface area contributed by atoms with E-state index in [0.29, 0.717) is 13.1 Å². The molecule has 2 heterocycles. The molecular weight excluding hydrogens is 224 g/mol. The van der Waals surface area contributed by atoms with Gasteiger partial charge in [0.25, 0.3) is 0 Å². The van der Waals surface area contributed by atoms with Gasteiger partial charge in [-0.2, -0.15) is 0 Å². The van der Waals surface area contributed by atoms with E-state index in [2.05, 4.69) is 10.3 Å². The van der Waals surface area contributed by atoms with Crippen LogP contribution in [0.2, 0.25) is 0 Å². The smallest absolute Gasteiger partial charge is 0.162 e. The third-order valence-corrected chi connectivity index (χ3v) is 2.94. The average molecular weight is 238 g/mol. The molecule has 0 aliphatic rings. The molecule has 0 radical (unpaired) electrons. The van der Waals surface area contributed by atoms with Gasteiger partial charge < -0.3 is 14.8 Å². The van der Waals surface area contributed by atoms with Crippen molar-refractivity contribution in [3.05, 3.63) is 29.5 Å². The molecule has 2 aromatic rings. The van der Waals surface area contributed by atoms with E-state index in [-0.39, 0.29) is 6.10 Å². The SMILES string of the molecule is C[C@H](O)CNCc1csc(-c2ccco2)n1. The summed E-state index contributed by atoms with van der Waals surface area (Å²) in [5, 5.41) is 15.1. The van der Waals surface area contributed by atoms with Crippen molar-refractivity contribution in [2.45, 2.75) is 19.6 Å². The maximum Gasteiger partial charge on any atom is 0.162 e. The summed E-state index contributed by atoms with van der Waals surface area (Å²) in [4.78, 5) is 4.43. The van der Waals surface area contributed by atoms with Crippen molar-refractivity contribution in [3.63, 3.8) is 0 Å². The lowest BCUT2D eigenvalue weighted by Crippen LogP contribution is -2.23. The molecule has 0 aliphatic heterocycles. The Balaban J connectivity index is 1.93. The van der Waals surface area contributed by atoms with Crippen molar-refractivity contribution in [3.8, 4) is 10.8 Å². The molecule has 2 aromatic heterocycles. The molecule has 4 nitrogen and oxygen atoms in total. The normalized spacial score (nSPS) is 12.9. The molecule has 0 amide bonds. The molecule has 0 aliphatic carbocycles. The summed E-state index contributed by atoms with van der Waals surface area (Å²) in [6, 6.07) is 3.74. The molecule has 0 aromatic carbocycles. The fourth-order valence-electron chi connectivity index (χ4n) is 1.31. The lowest BCUT2D eigenvalue weighted by Gasteiger charge is -2.04. The van der Waals surface area contributed by atoms with E-state index in [0.717, 1.165) is 16.5 Å². The van der Waals surface area contributed by atoms with Crippen molar-refractivity contribution in [1.29, 1.82) is 0 Å². The fourth-order valence-corrected chi connectivity index (χ4v) is 2.10. The lowest BCUT2D eigenvalue weighted by molar-refractivity contribution is 0.191. The highest BCUT2D eigenvalue weighted by Crippen LogP contribution is 2.23. The maximum absolute atomic E-state index is 9.09. The molecular formula is C11H14N2O2S. The minimum absolute atomic E-state index is 0.330. The highest BCUT2D eigenvalue weighted by Gasteiger charge is 2.06. The predicted octanol–water partition coefficient (Wildman–Crippen LogP) is 1.87. The number of nitrogens with one attached hydrogen (secondary N) is 1. The van der Waals surface area contributed by atoms with Gasteiger partial charge in [0, 0.05) is 18.5 Å². The molecule has 16 heavy (non-hydrogen) atoms. The molecule has 0 unspecified atom stereocenters. The molecule has 5 heteroatoms. The monoisotopic (exact) mass is 238 g/mol. The average Bonchev–Trinajstić information content (AvgIpc) is 2.85. The summed E-state index contributed by atoms with van der Waals surface area (Å²) >= 11 is 1.56. The number of rotatable bonds is 5. The van der Waals surface area contributed by atoms with Crippen molar-refractivity contribution in [2.75, 3.05) is 6.54 Å². The van der Waals surface area contributed by atoms with Gasteiger partial charge in [-0.05, 0) is 19.1 Å². The molecule has 0 saturated carbocycles. The van der Waals surface area contributed by atoms with Crippen molar-refractivity contribution in [1.82, 2.24) is 10.3 Å². The van der Waals surface area contributed by atoms with Crippen LogP contribution in [0, 0.1) is 0 Å². The van der Waals surface area contributed by atoms with Crippen LogP contribution < -0.4 is 5.32 Å². The number of nitrogens with zero attached hydrogens (tertiary/aromatic N) is 1. The van der Waals surface area contributed by atoms with E-state index in [4.69, 9.17) is 9.52 Å². The fraction of sp³-hybridized carbons (Fsp3) is 0.364. The summed E-state index contributed by atoms with van der Waals surface area (Å²) in [7, 11) is 0. The van der Waals surface area contributed by atoms with Gasteiger partial charge >= 0.3 is 0 Å². The highest BCUT2D eigenvalue weighted by atomic mass is 32.1. The first-order valence-corrected chi connectivity index (χ1v) is 6.00. The standard InChI is InChI=1S/C11H14N2O2S/c1-8(14)5-12-6-9-7-16-11(13-9)10-3-2-4-15-10/h2-4,7-8,12,14H,5-6H2,1H3/t8-/m0/s1. The van der Waals surface area contributed by atoms with Gasteiger partial charge in [-0.25, -0.2) is 4.98 Å². The Labute approximate surface area is 97.9 Å². The summed E-state index contributed by atoms with van der Waals surface area (Å²) in [5.74, 6) is 0.798.